The quantitative estimate of drug-likeness (QED) is 0.548. The van der Waals surface area contributed by atoms with E-state index in [0.29, 0.717) is 12.6 Å². The third-order valence-corrected chi connectivity index (χ3v) is 11.1. The number of carbonyl (C=O) groups is 1. The molecule has 8 nitrogen and oxygen atoms in total. The van der Waals surface area contributed by atoms with Crippen molar-refractivity contribution in [3.8, 4) is 11.5 Å². The molecule has 2 spiro atoms. The van der Waals surface area contributed by atoms with Crippen molar-refractivity contribution in [1.82, 2.24) is 19.6 Å². The van der Waals surface area contributed by atoms with Crippen LogP contribution >= 0.6 is 0 Å². The van der Waals surface area contributed by atoms with Crippen molar-refractivity contribution >= 4 is 5.91 Å². The van der Waals surface area contributed by atoms with Crippen LogP contribution in [0.4, 0.5) is 0 Å². The first-order valence-electron chi connectivity index (χ1n) is 14.5. The van der Waals surface area contributed by atoms with Gasteiger partial charge in [-0.3, -0.25) is 14.4 Å². The molecule has 3 fully saturated rings. The monoisotopic (exact) mass is 530 g/mol. The molecule has 2 saturated carbocycles. The highest BCUT2D eigenvalue weighted by Crippen LogP contribution is 2.75. The Morgan fingerprint density at radius 2 is 2.05 bits per heavy atom. The number of piperidine rings is 1. The van der Waals surface area contributed by atoms with Gasteiger partial charge in [0.1, 0.15) is 11.7 Å². The first-order valence-corrected chi connectivity index (χ1v) is 14.5. The zero-order valence-electron chi connectivity index (χ0n) is 23.4. The molecule has 3 heterocycles. The van der Waals surface area contributed by atoms with Crippen molar-refractivity contribution in [2.75, 3.05) is 34.4 Å². The van der Waals surface area contributed by atoms with Crippen LogP contribution in [0.1, 0.15) is 48.9 Å². The van der Waals surface area contributed by atoms with E-state index in [4.69, 9.17) is 14.2 Å². The number of likely N-dealkylation sites (tertiary alicyclic amines) is 1. The second-order valence-corrected chi connectivity index (χ2v) is 12.8. The molecule has 8 heteroatoms. The van der Waals surface area contributed by atoms with E-state index >= 15 is 0 Å². The lowest BCUT2D eigenvalue weighted by Gasteiger charge is -2.70. The average Bonchev–Trinajstić information content (AvgIpc) is 3.55. The van der Waals surface area contributed by atoms with Crippen LogP contribution in [0, 0.1) is 11.3 Å². The number of likely N-dealkylation sites (N-methyl/N-ethyl adjacent to an activating group) is 1. The van der Waals surface area contributed by atoms with Crippen LogP contribution in [-0.4, -0.2) is 77.6 Å². The summed E-state index contributed by atoms with van der Waals surface area (Å²) in [6.07, 6.45) is 10.5. The lowest BCUT2D eigenvalue weighted by molar-refractivity contribution is -0.198. The summed E-state index contributed by atoms with van der Waals surface area (Å²) in [7, 11) is 7.27. The number of amides is 1. The summed E-state index contributed by atoms with van der Waals surface area (Å²) in [6.45, 7) is 2.68. The van der Waals surface area contributed by atoms with Crippen molar-refractivity contribution in [2.45, 2.75) is 68.2 Å². The number of methoxy groups -OCH3 is 2. The summed E-state index contributed by atoms with van der Waals surface area (Å²) in [4.78, 5) is 18.9. The third-order valence-electron chi connectivity index (χ3n) is 11.1. The van der Waals surface area contributed by atoms with Crippen molar-refractivity contribution in [3.05, 3.63) is 52.9 Å². The number of rotatable bonds is 7. The number of carbonyl (C=O) groups excluding carboxylic acids is 1. The first-order chi connectivity index (χ1) is 18.9. The fourth-order valence-electron chi connectivity index (χ4n) is 9.31. The normalized spacial score (nSPS) is 35.3. The standard InChI is InChI=1S/C31H38N4O4/c1-33(18-21-9-13-34(2)32-21)27(36)22-16-29-10-11-31(22,38-4)28-30(29)12-14-35(17-19-5-6-19)24(29)15-20-7-8-23(37-3)26(39-28)25(20)30/h7-9,13,16,19,24,28H,5-6,10-12,14-15,17-18H2,1-4H3/t24-,28-,29-,30+,31-/m1/s1. The van der Waals surface area contributed by atoms with Gasteiger partial charge in [-0.1, -0.05) is 12.1 Å². The Hall–Kier alpha value is -2.84. The smallest absolute Gasteiger partial charge is 0.252 e. The number of aromatic nitrogens is 2. The number of hydrogen-bond donors (Lipinski definition) is 0. The van der Waals surface area contributed by atoms with Crippen LogP contribution in [0.2, 0.25) is 0 Å². The zero-order valence-corrected chi connectivity index (χ0v) is 23.4. The van der Waals surface area contributed by atoms with Gasteiger partial charge in [0.2, 0.25) is 0 Å². The number of aryl methyl sites for hydroxylation is 1. The van der Waals surface area contributed by atoms with E-state index in [1.807, 2.05) is 26.4 Å². The van der Waals surface area contributed by atoms with Crippen LogP contribution < -0.4 is 9.47 Å². The highest BCUT2D eigenvalue weighted by molar-refractivity contribution is 5.97. The van der Waals surface area contributed by atoms with Gasteiger partial charge in [-0.15, -0.1) is 0 Å². The lowest BCUT2D eigenvalue weighted by atomic mass is 9.37. The van der Waals surface area contributed by atoms with Crippen LogP contribution in [0.5, 0.6) is 11.5 Å². The maximum absolute atomic E-state index is 14.4. The molecule has 1 saturated heterocycles. The summed E-state index contributed by atoms with van der Waals surface area (Å²) in [6, 6.07) is 6.66. The maximum Gasteiger partial charge on any atom is 0.252 e. The molecule has 0 radical (unpaired) electrons. The largest absolute Gasteiger partial charge is 0.493 e. The molecule has 39 heavy (non-hydrogen) atoms. The second-order valence-electron chi connectivity index (χ2n) is 12.8. The minimum Gasteiger partial charge on any atom is -0.493 e. The zero-order chi connectivity index (χ0) is 26.7. The predicted octanol–water partition coefficient (Wildman–Crippen LogP) is 3.23. The average molecular weight is 531 g/mol. The molecule has 1 amide bonds. The van der Waals surface area contributed by atoms with Crippen LogP contribution in [0.15, 0.2) is 36.0 Å². The molecule has 4 bridgehead atoms. The Morgan fingerprint density at radius 1 is 1.21 bits per heavy atom. The Morgan fingerprint density at radius 3 is 2.77 bits per heavy atom. The SMILES string of the molecule is COc1ccc2c3c1O[C@@H]1[C@]34CCN(CC3CC3)[C@H](C2)[C@@]42C=C(C(=O)N(C)Cc3ccn(C)n3)[C@]1(OC)CC2. The number of benzene rings is 1. The van der Waals surface area contributed by atoms with E-state index in [9.17, 15) is 4.79 Å². The third kappa shape index (κ3) is 2.87. The Labute approximate surface area is 229 Å². The molecule has 206 valence electrons. The minimum atomic E-state index is -0.806. The summed E-state index contributed by atoms with van der Waals surface area (Å²) >= 11 is 0. The topological polar surface area (TPSA) is 69.1 Å². The highest BCUT2D eigenvalue weighted by atomic mass is 16.6. The fraction of sp³-hybridized carbons (Fsp3) is 0.613. The molecule has 9 rings (SSSR count). The summed E-state index contributed by atoms with van der Waals surface area (Å²) in [5.41, 5.74) is 3.17. The van der Waals surface area contributed by atoms with Crippen LogP contribution in [0.25, 0.3) is 0 Å². The molecule has 1 aromatic heterocycles. The molecule has 5 aliphatic carbocycles. The highest BCUT2D eigenvalue weighted by Gasteiger charge is 2.79. The molecule has 7 aliphatic rings. The fourth-order valence-corrected chi connectivity index (χ4v) is 9.31. The summed E-state index contributed by atoms with van der Waals surface area (Å²) < 4.78 is 21.2. The maximum atomic E-state index is 14.4. The van der Waals surface area contributed by atoms with Gasteiger partial charge in [-0.2, -0.15) is 5.10 Å². The van der Waals surface area contributed by atoms with Gasteiger partial charge in [0, 0.05) is 56.5 Å². The molecule has 2 aromatic rings. The minimum absolute atomic E-state index is 0.0144. The molecule has 0 unspecified atom stereocenters. The predicted molar refractivity (Wildman–Crippen MR) is 145 cm³/mol. The number of fused-ring (bicyclic) bond motifs is 1. The van der Waals surface area contributed by atoms with Crippen molar-refractivity contribution in [3.63, 3.8) is 0 Å². The summed E-state index contributed by atoms with van der Waals surface area (Å²) in [5.74, 6) is 2.50. The Bertz CT molecular complexity index is 1410. The van der Waals surface area contributed by atoms with Gasteiger partial charge in [0.25, 0.3) is 5.91 Å². The second kappa shape index (κ2) is 7.88. The van der Waals surface area contributed by atoms with Crippen LogP contribution in [0.3, 0.4) is 0 Å². The number of nitrogens with zero attached hydrogens (tertiary/aromatic N) is 4. The Kier molecular flexibility index (Phi) is 4.85. The molecular weight excluding hydrogens is 492 g/mol. The van der Waals surface area contributed by atoms with Gasteiger partial charge >= 0.3 is 0 Å². The summed E-state index contributed by atoms with van der Waals surface area (Å²) in [5, 5.41) is 4.52. The number of ether oxygens (including phenoxy) is 3. The van der Waals surface area contributed by atoms with Crippen molar-refractivity contribution in [2.24, 2.45) is 18.4 Å². The van der Waals surface area contributed by atoms with Gasteiger partial charge in [-0.05, 0) is 68.7 Å². The van der Waals surface area contributed by atoms with E-state index < -0.39 is 5.60 Å². The molecule has 1 aromatic carbocycles. The van der Waals surface area contributed by atoms with Gasteiger partial charge in [0.05, 0.1) is 24.8 Å². The molecule has 0 N–H and O–H groups in total. The van der Waals surface area contributed by atoms with Gasteiger partial charge in [0.15, 0.2) is 11.5 Å². The van der Waals surface area contributed by atoms with Crippen molar-refractivity contribution in [1.29, 1.82) is 0 Å². The first kappa shape index (κ1) is 24.0. The van der Waals surface area contributed by atoms with Crippen LogP contribution in [-0.2, 0) is 35.0 Å². The van der Waals surface area contributed by atoms with E-state index in [-0.39, 0.29) is 22.8 Å². The van der Waals surface area contributed by atoms with E-state index in [1.54, 1.807) is 23.8 Å². The molecular formula is C31H38N4O4. The molecule has 2 aliphatic heterocycles. The van der Waals surface area contributed by atoms with Gasteiger partial charge in [-0.25, -0.2) is 0 Å². The molecule has 5 atom stereocenters. The van der Waals surface area contributed by atoms with E-state index in [1.165, 1.54) is 30.5 Å². The number of hydrogen-bond acceptors (Lipinski definition) is 6. The van der Waals surface area contributed by atoms with Gasteiger partial charge < -0.3 is 19.1 Å². The van der Waals surface area contributed by atoms with E-state index in [2.05, 4.69) is 28.2 Å². The lowest BCUT2D eigenvalue weighted by Crippen LogP contribution is -2.78. The Balaban J connectivity index is 1.30. The van der Waals surface area contributed by atoms with E-state index in [0.717, 1.165) is 60.9 Å². The van der Waals surface area contributed by atoms with Crippen molar-refractivity contribution < 1.29 is 19.0 Å².